The van der Waals surface area contributed by atoms with Crippen LogP contribution in [0.25, 0.3) is 0 Å². The number of piperidine rings is 1. The minimum absolute atomic E-state index is 0.132. The molecule has 2 aliphatic rings. The second kappa shape index (κ2) is 5.98. The minimum atomic E-state index is -0.598. The molecule has 0 bridgehead atoms. The zero-order chi connectivity index (χ0) is 14.8. The first-order valence-corrected chi connectivity index (χ1v) is 7.99. The molecule has 2 N–H and O–H groups in total. The Bertz CT molecular complexity index is 393. The highest BCUT2D eigenvalue weighted by molar-refractivity contribution is 7.80. The minimum Gasteiger partial charge on any atom is -0.392 e. The van der Waals surface area contributed by atoms with Crippen LogP contribution in [0.15, 0.2) is 0 Å². The number of carbonyl (C=O) groups excluding carboxylic acids is 1. The van der Waals surface area contributed by atoms with Crippen LogP contribution >= 0.6 is 12.2 Å². The van der Waals surface area contributed by atoms with E-state index in [-0.39, 0.29) is 11.5 Å². The van der Waals surface area contributed by atoms with Crippen LogP contribution in [-0.4, -0.2) is 41.6 Å². The molecule has 20 heavy (non-hydrogen) atoms. The SMILES string of the molecule is COC1(C)CCCN(C(=O)C2(C(N)=S)CCCCC2)C1. The van der Waals surface area contributed by atoms with Crippen LogP contribution < -0.4 is 5.73 Å². The zero-order valence-corrected chi connectivity index (χ0v) is 13.4. The van der Waals surface area contributed by atoms with Gasteiger partial charge in [0.2, 0.25) is 5.91 Å². The van der Waals surface area contributed by atoms with Gasteiger partial charge in [-0.05, 0) is 32.6 Å². The van der Waals surface area contributed by atoms with E-state index in [9.17, 15) is 4.79 Å². The van der Waals surface area contributed by atoms with Crippen LogP contribution in [0.2, 0.25) is 0 Å². The Morgan fingerprint density at radius 3 is 2.40 bits per heavy atom. The average Bonchev–Trinajstić information content (AvgIpc) is 2.47. The van der Waals surface area contributed by atoms with Gasteiger partial charge in [0.1, 0.15) is 0 Å². The van der Waals surface area contributed by atoms with Crippen LogP contribution in [-0.2, 0) is 9.53 Å². The average molecular weight is 298 g/mol. The van der Waals surface area contributed by atoms with Crippen molar-refractivity contribution in [2.45, 2.75) is 57.5 Å². The molecule has 2 rings (SSSR count). The van der Waals surface area contributed by atoms with Crippen molar-refractivity contribution in [1.82, 2.24) is 4.90 Å². The molecule has 0 aromatic carbocycles. The van der Waals surface area contributed by atoms with Crippen molar-refractivity contribution in [3.8, 4) is 0 Å². The first-order chi connectivity index (χ1) is 9.43. The summed E-state index contributed by atoms with van der Waals surface area (Å²) in [5.74, 6) is 0.132. The maximum atomic E-state index is 13.0. The first kappa shape index (κ1) is 15.7. The van der Waals surface area contributed by atoms with Crippen molar-refractivity contribution in [3.05, 3.63) is 0 Å². The standard InChI is InChI=1S/C15H26N2O2S/c1-14(19-2)7-6-10-17(11-14)13(18)15(12(16)20)8-4-3-5-9-15/h3-11H2,1-2H3,(H2,16,20). The van der Waals surface area contributed by atoms with Crippen LogP contribution in [0.3, 0.4) is 0 Å². The van der Waals surface area contributed by atoms with Crippen molar-refractivity contribution < 1.29 is 9.53 Å². The van der Waals surface area contributed by atoms with Crippen LogP contribution in [0.5, 0.6) is 0 Å². The highest BCUT2D eigenvalue weighted by Crippen LogP contribution is 2.39. The summed E-state index contributed by atoms with van der Waals surface area (Å²) in [4.78, 5) is 15.3. The normalized spacial score (nSPS) is 30.0. The number of thiocarbonyl (C=S) groups is 1. The Morgan fingerprint density at radius 1 is 1.20 bits per heavy atom. The Morgan fingerprint density at radius 2 is 1.85 bits per heavy atom. The molecule has 1 aliphatic heterocycles. The Balaban J connectivity index is 2.17. The van der Waals surface area contributed by atoms with Gasteiger partial charge in [0, 0.05) is 20.2 Å². The number of rotatable bonds is 3. The molecular formula is C15H26N2O2S. The summed E-state index contributed by atoms with van der Waals surface area (Å²) in [7, 11) is 1.72. The molecule has 114 valence electrons. The topological polar surface area (TPSA) is 55.6 Å². The van der Waals surface area contributed by atoms with E-state index < -0.39 is 5.41 Å². The molecule has 5 heteroatoms. The second-order valence-electron chi connectivity index (χ2n) is 6.49. The quantitative estimate of drug-likeness (QED) is 0.812. The zero-order valence-electron chi connectivity index (χ0n) is 12.6. The molecule has 0 aromatic rings. The maximum Gasteiger partial charge on any atom is 0.235 e. The number of nitrogens with two attached hydrogens (primary N) is 1. The van der Waals surface area contributed by atoms with E-state index in [1.54, 1.807) is 7.11 Å². The summed E-state index contributed by atoms with van der Waals surface area (Å²) in [5, 5.41) is 0. The Labute approximate surface area is 127 Å². The maximum absolute atomic E-state index is 13.0. The predicted octanol–water partition coefficient (Wildman–Crippen LogP) is 2.25. The van der Waals surface area contributed by atoms with Crippen molar-refractivity contribution in [2.75, 3.05) is 20.2 Å². The van der Waals surface area contributed by atoms with E-state index in [1.807, 2.05) is 4.90 Å². The summed E-state index contributed by atoms with van der Waals surface area (Å²) in [6.07, 6.45) is 6.84. The number of carbonyl (C=O) groups is 1. The van der Waals surface area contributed by atoms with Gasteiger partial charge in [-0.15, -0.1) is 0 Å². The largest absolute Gasteiger partial charge is 0.392 e. The van der Waals surface area contributed by atoms with Gasteiger partial charge in [-0.1, -0.05) is 31.5 Å². The van der Waals surface area contributed by atoms with Crippen molar-refractivity contribution in [1.29, 1.82) is 0 Å². The summed E-state index contributed by atoms with van der Waals surface area (Å²) in [5.41, 5.74) is 5.13. The molecule has 4 nitrogen and oxygen atoms in total. The fourth-order valence-corrected chi connectivity index (χ4v) is 3.86. The Hall–Kier alpha value is -0.680. The predicted molar refractivity (Wildman–Crippen MR) is 83.5 cm³/mol. The van der Waals surface area contributed by atoms with Gasteiger partial charge in [0.15, 0.2) is 0 Å². The van der Waals surface area contributed by atoms with E-state index in [2.05, 4.69) is 6.92 Å². The van der Waals surface area contributed by atoms with Crippen molar-refractivity contribution in [2.24, 2.45) is 11.1 Å². The van der Waals surface area contributed by atoms with Gasteiger partial charge in [0.25, 0.3) is 0 Å². The third kappa shape index (κ3) is 2.84. The molecule has 1 atom stereocenters. The fourth-order valence-electron chi connectivity index (χ4n) is 3.57. The van der Waals surface area contributed by atoms with Crippen molar-refractivity contribution >= 4 is 23.1 Å². The summed E-state index contributed by atoms with van der Waals surface area (Å²) in [6.45, 7) is 3.51. The fraction of sp³-hybridized carbons (Fsp3) is 0.867. The molecule has 1 amide bonds. The lowest BCUT2D eigenvalue weighted by Crippen LogP contribution is -2.57. The van der Waals surface area contributed by atoms with E-state index in [0.29, 0.717) is 11.5 Å². The molecule has 0 radical (unpaired) electrons. The van der Waals surface area contributed by atoms with Crippen LogP contribution in [0.4, 0.5) is 0 Å². The number of methoxy groups -OCH3 is 1. The van der Waals surface area contributed by atoms with Crippen LogP contribution in [0, 0.1) is 5.41 Å². The van der Waals surface area contributed by atoms with E-state index in [1.165, 1.54) is 6.42 Å². The van der Waals surface area contributed by atoms with Gasteiger partial charge in [-0.25, -0.2) is 0 Å². The molecular weight excluding hydrogens is 272 g/mol. The number of hydrogen-bond acceptors (Lipinski definition) is 3. The lowest BCUT2D eigenvalue weighted by Gasteiger charge is -2.44. The summed E-state index contributed by atoms with van der Waals surface area (Å²) >= 11 is 5.26. The molecule has 0 aromatic heterocycles. The number of ether oxygens (including phenoxy) is 1. The van der Waals surface area contributed by atoms with Gasteiger partial charge >= 0.3 is 0 Å². The van der Waals surface area contributed by atoms with Gasteiger partial charge < -0.3 is 15.4 Å². The van der Waals surface area contributed by atoms with Crippen LogP contribution in [0.1, 0.15) is 51.9 Å². The molecule has 1 heterocycles. The number of hydrogen-bond donors (Lipinski definition) is 1. The van der Waals surface area contributed by atoms with E-state index >= 15 is 0 Å². The molecule has 1 unspecified atom stereocenters. The third-order valence-electron chi connectivity index (χ3n) is 5.03. The molecule has 0 spiro atoms. The number of likely N-dealkylation sites (tertiary alicyclic amines) is 1. The molecule has 1 aliphatic carbocycles. The monoisotopic (exact) mass is 298 g/mol. The molecule has 1 saturated heterocycles. The van der Waals surface area contributed by atoms with Gasteiger partial charge in [-0.3, -0.25) is 4.79 Å². The summed E-state index contributed by atoms with van der Waals surface area (Å²) < 4.78 is 5.58. The van der Waals surface area contributed by atoms with E-state index in [0.717, 1.165) is 45.1 Å². The molecule has 1 saturated carbocycles. The number of amides is 1. The third-order valence-corrected chi connectivity index (χ3v) is 5.42. The molecule has 2 fully saturated rings. The highest BCUT2D eigenvalue weighted by Gasteiger charge is 2.46. The van der Waals surface area contributed by atoms with Gasteiger partial charge in [0.05, 0.1) is 16.0 Å². The first-order valence-electron chi connectivity index (χ1n) is 7.58. The lowest BCUT2D eigenvalue weighted by atomic mass is 9.72. The second-order valence-corrected chi connectivity index (χ2v) is 6.93. The Kier molecular flexibility index (Phi) is 4.69. The number of nitrogens with zero attached hydrogens (tertiary/aromatic N) is 1. The smallest absolute Gasteiger partial charge is 0.235 e. The van der Waals surface area contributed by atoms with E-state index in [4.69, 9.17) is 22.7 Å². The highest BCUT2D eigenvalue weighted by atomic mass is 32.1. The lowest BCUT2D eigenvalue weighted by molar-refractivity contribution is -0.147. The summed E-state index contributed by atoms with van der Waals surface area (Å²) in [6, 6.07) is 0. The van der Waals surface area contributed by atoms with Crippen molar-refractivity contribution in [3.63, 3.8) is 0 Å². The van der Waals surface area contributed by atoms with Gasteiger partial charge in [-0.2, -0.15) is 0 Å².